The standard InChI is InChI=1S/C15H30N4O4/c1-11(13(21)16-9-10-19(5)6)18-12(20)7-8-17-14(22)23-15(2,3)4/h11H,7-10H2,1-6H3,(H,16,21)(H,17,22)(H,18,20)/t11-/m0/s1. The van der Waals surface area contributed by atoms with Gasteiger partial charge in [-0.15, -0.1) is 0 Å². The minimum Gasteiger partial charge on any atom is -0.444 e. The molecule has 0 aromatic heterocycles. The van der Waals surface area contributed by atoms with Gasteiger partial charge in [0.05, 0.1) is 0 Å². The number of rotatable bonds is 8. The molecule has 8 nitrogen and oxygen atoms in total. The second-order valence-electron chi connectivity index (χ2n) is 6.56. The number of nitrogens with zero attached hydrogens (tertiary/aromatic N) is 1. The molecule has 0 bridgehead atoms. The van der Waals surface area contributed by atoms with E-state index in [1.807, 2.05) is 19.0 Å². The monoisotopic (exact) mass is 330 g/mol. The van der Waals surface area contributed by atoms with E-state index in [-0.39, 0.29) is 24.8 Å². The normalized spacial score (nSPS) is 12.5. The van der Waals surface area contributed by atoms with Crippen LogP contribution in [0.25, 0.3) is 0 Å². The molecule has 0 heterocycles. The van der Waals surface area contributed by atoms with Crippen LogP contribution in [0.5, 0.6) is 0 Å². The summed E-state index contributed by atoms with van der Waals surface area (Å²) < 4.78 is 5.05. The van der Waals surface area contributed by atoms with Gasteiger partial charge in [-0.2, -0.15) is 0 Å². The van der Waals surface area contributed by atoms with Crippen LogP contribution >= 0.6 is 0 Å². The molecule has 0 aromatic rings. The molecule has 0 spiro atoms. The van der Waals surface area contributed by atoms with Crippen molar-refractivity contribution in [3.63, 3.8) is 0 Å². The Bertz CT molecular complexity index is 405. The summed E-state index contributed by atoms with van der Waals surface area (Å²) in [7, 11) is 3.82. The van der Waals surface area contributed by atoms with Gasteiger partial charge in [0.2, 0.25) is 11.8 Å². The minimum absolute atomic E-state index is 0.0779. The van der Waals surface area contributed by atoms with Crippen molar-refractivity contribution in [1.82, 2.24) is 20.9 Å². The zero-order valence-electron chi connectivity index (χ0n) is 15.0. The molecule has 0 unspecified atom stereocenters. The third-order valence-corrected chi connectivity index (χ3v) is 2.65. The van der Waals surface area contributed by atoms with Crippen molar-refractivity contribution in [3.05, 3.63) is 0 Å². The van der Waals surface area contributed by atoms with Gasteiger partial charge in [-0.3, -0.25) is 9.59 Å². The Labute approximate surface area is 138 Å². The summed E-state index contributed by atoms with van der Waals surface area (Å²) in [5.41, 5.74) is -0.578. The first kappa shape index (κ1) is 21.2. The van der Waals surface area contributed by atoms with E-state index >= 15 is 0 Å². The number of carbonyl (C=O) groups excluding carboxylic acids is 3. The van der Waals surface area contributed by atoms with E-state index in [1.54, 1.807) is 27.7 Å². The summed E-state index contributed by atoms with van der Waals surface area (Å²) >= 11 is 0. The maximum Gasteiger partial charge on any atom is 0.407 e. The molecule has 0 saturated carbocycles. The van der Waals surface area contributed by atoms with E-state index in [1.165, 1.54) is 0 Å². The molecule has 1 atom stereocenters. The second kappa shape index (κ2) is 10.0. The first-order chi connectivity index (χ1) is 10.5. The lowest BCUT2D eigenvalue weighted by atomic mass is 10.2. The fraction of sp³-hybridized carbons (Fsp3) is 0.800. The highest BCUT2D eigenvalue weighted by molar-refractivity contribution is 5.87. The fourth-order valence-electron chi connectivity index (χ4n) is 1.53. The summed E-state index contributed by atoms with van der Waals surface area (Å²) in [6, 6.07) is -0.619. The Hall–Kier alpha value is -1.83. The maximum atomic E-state index is 11.8. The number of amides is 3. The number of ether oxygens (including phenoxy) is 1. The molecule has 0 radical (unpaired) electrons. The van der Waals surface area contributed by atoms with Gasteiger partial charge < -0.3 is 25.6 Å². The average molecular weight is 330 g/mol. The molecule has 134 valence electrons. The quantitative estimate of drug-likeness (QED) is 0.585. The van der Waals surface area contributed by atoms with Gasteiger partial charge in [0.1, 0.15) is 11.6 Å². The van der Waals surface area contributed by atoms with Crippen molar-refractivity contribution >= 4 is 17.9 Å². The van der Waals surface area contributed by atoms with Crippen LogP contribution in [0.3, 0.4) is 0 Å². The molecule has 3 amide bonds. The number of likely N-dealkylation sites (N-methyl/N-ethyl adjacent to an activating group) is 1. The van der Waals surface area contributed by atoms with Crippen LogP contribution in [-0.2, 0) is 14.3 Å². The zero-order valence-corrected chi connectivity index (χ0v) is 15.0. The van der Waals surface area contributed by atoms with Gasteiger partial charge >= 0.3 is 6.09 Å². The summed E-state index contributed by atoms with van der Waals surface area (Å²) in [5.74, 6) is -0.545. The predicted molar refractivity (Wildman–Crippen MR) is 88.0 cm³/mol. The molecular weight excluding hydrogens is 300 g/mol. The predicted octanol–water partition coefficient (Wildman–Crippen LogP) is 0.0837. The zero-order chi connectivity index (χ0) is 18.0. The Morgan fingerprint density at radius 2 is 1.70 bits per heavy atom. The lowest BCUT2D eigenvalue weighted by molar-refractivity contribution is -0.128. The van der Waals surface area contributed by atoms with Gasteiger partial charge in [-0.25, -0.2) is 4.79 Å². The van der Waals surface area contributed by atoms with E-state index in [0.29, 0.717) is 6.54 Å². The van der Waals surface area contributed by atoms with Crippen LogP contribution in [0.1, 0.15) is 34.1 Å². The summed E-state index contributed by atoms with van der Waals surface area (Å²) in [5, 5.41) is 7.81. The summed E-state index contributed by atoms with van der Waals surface area (Å²) in [4.78, 5) is 36.8. The van der Waals surface area contributed by atoms with E-state index < -0.39 is 17.7 Å². The van der Waals surface area contributed by atoms with Crippen molar-refractivity contribution in [2.24, 2.45) is 0 Å². The van der Waals surface area contributed by atoms with Crippen LogP contribution in [0, 0.1) is 0 Å². The number of carbonyl (C=O) groups is 3. The third-order valence-electron chi connectivity index (χ3n) is 2.65. The second-order valence-corrected chi connectivity index (χ2v) is 6.56. The first-order valence-electron chi connectivity index (χ1n) is 7.70. The summed E-state index contributed by atoms with van der Waals surface area (Å²) in [6.07, 6.45) is -0.492. The van der Waals surface area contributed by atoms with Gasteiger partial charge in [0.25, 0.3) is 0 Å². The van der Waals surface area contributed by atoms with Crippen molar-refractivity contribution < 1.29 is 19.1 Å². The van der Waals surface area contributed by atoms with Crippen LogP contribution in [0.2, 0.25) is 0 Å². The Kier molecular flexibility index (Phi) is 9.24. The van der Waals surface area contributed by atoms with Crippen LogP contribution < -0.4 is 16.0 Å². The molecule has 0 saturated heterocycles. The fourth-order valence-corrected chi connectivity index (χ4v) is 1.53. The highest BCUT2D eigenvalue weighted by Crippen LogP contribution is 2.06. The van der Waals surface area contributed by atoms with E-state index in [9.17, 15) is 14.4 Å². The lowest BCUT2D eigenvalue weighted by Gasteiger charge is -2.19. The molecule has 0 aliphatic rings. The van der Waals surface area contributed by atoms with Crippen molar-refractivity contribution in [1.29, 1.82) is 0 Å². The minimum atomic E-state index is -0.619. The van der Waals surface area contributed by atoms with Crippen LogP contribution in [0.15, 0.2) is 0 Å². The van der Waals surface area contributed by atoms with Gasteiger partial charge in [0, 0.05) is 26.1 Å². The van der Waals surface area contributed by atoms with Crippen LogP contribution in [-0.4, -0.2) is 68.2 Å². The molecule has 0 aliphatic carbocycles. The van der Waals surface area contributed by atoms with Gasteiger partial charge in [-0.1, -0.05) is 0 Å². The Morgan fingerprint density at radius 3 is 2.22 bits per heavy atom. The van der Waals surface area contributed by atoms with E-state index in [2.05, 4.69) is 16.0 Å². The Morgan fingerprint density at radius 1 is 1.09 bits per heavy atom. The molecule has 3 N–H and O–H groups in total. The van der Waals surface area contributed by atoms with Gasteiger partial charge in [-0.05, 0) is 41.8 Å². The SMILES string of the molecule is C[C@H](NC(=O)CCNC(=O)OC(C)(C)C)C(=O)NCCN(C)C. The molecule has 0 aromatic carbocycles. The molecular formula is C15H30N4O4. The largest absolute Gasteiger partial charge is 0.444 e. The molecule has 0 rings (SSSR count). The lowest BCUT2D eigenvalue weighted by Crippen LogP contribution is -2.46. The molecule has 23 heavy (non-hydrogen) atoms. The highest BCUT2D eigenvalue weighted by Gasteiger charge is 2.17. The van der Waals surface area contributed by atoms with E-state index in [0.717, 1.165) is 6.54 Å². The Balaban J connectivity index is 3.92. The number of hydrogen-bond acceptors (Lipinski definition) is 5. The highest BCUT2D eigenvalue weighted by atomic mass is 16.6. The molecule has 0 aliphatic heterocycles. The first-order valence-corrected chi connectivity index (χ1v) is 7.70. The third kappa shape index (κ3) is 12.4. The number of nitrogens with one attached hydrogen (secondary N) is 3. The topological polar surface area (TPSA) is 99.8 Å². The van der Waals surface area contributed by atoms with Crippen LogP contribution in [0.4, 0.5) is 4.79 Å². The maximum absolute atomic E-state index is 11.8. The molecule has 8 heteroatoms. The smallest absolute Gasteiger partial charge is 0.407 e. The van der Waals surface area contributed by atoms with Gasteiger partial charge in [0.15, 0.2) is 0 Å². The average Bonchev–Trinajstić information content (AvgIpc) is 2.35. The summed E-state index contributed by atoms with van der Waals surface area (Å²) in [6.45, 7) is 8.29. The van der Waals surface area contributed by atoms with E-state index in [4.69, 9.17) is 4.74 Å². The number of hydrogen-bond donors (Lipinski definition) is 3. The number of alkyl carbamates (subject to hydrolysis) is 1. The van der Waals surface area contributed by atoms with Crippen molar-refractivity contribution in [2.45, 2.75) is 45.8 Å². The van der Waals surface area contributed by atoms with Crippen molar-refractivity contribution in [3.8, 4) is 0 Å². The van der Waals surface area contributed by atoms with Crippen molar-refractivity contribution in [2.75, 3.05) is 33.7 Å². The molecule has 0 fully saturated rings.